The van der Waals surface area contributed by atoms with Gasteiger partial charge in [-0.2, -0.15) is 0 Å². The molecular weight excluding hydrogens is 302 g/mol. The van der Waals surface area contributed by atoms with E-state index in [4.69, 9.17) is 0 Å². The zero-order valence-electron chi connectivity index (χ0n) is 15.8. The SMILES string of the molecule is CCCCCCC(O)CCCCCCCCCCCCC(=O)N=O. The lowest BCUT2D eigenvalue weighted by atomic mass is 10.0. The fraction of sp³-hybridized carbons (Fsp3) is 0.950. The highest BCUT2D eigenvalue weighted by molar-refractivity contribution is 5.76. The molecule has 0 rings (SSSR count). The van der Waals surface area contributed by atoms with Gasteiger partial charge in [-0.25, -0.2) is 0 Å². The van der Waals surface area contributed by atoms with Crippen LogP contribution in [-0.2, 0) is 4.79 Å². The largest absolute Gasteiger partial charge is 0.393 e. The third-order valence-electron chi connectivity index (χ3n) is 4.67. The Morgan fingerprint density at radius 2 is 1.17 bits per heavy atom. The number of hydrogen-bond donors (Lipinski definition) is 1. The summed E-state index contributed by atoms with van der Waals surface area (Å²) in [5, 5.41) is 12.3. The van der Waals surface area contributed by atoms with E-state index in [0.717, 1.165) is 38.5 Å². The van der Waals surface area contributed by atoms with Crippen LogP contribution >= 0.6 is 0 Å². The Balaban J connectivity index is 3.14. The van der Waals surface area contributed by atoms with Gasteiger partial charge in [0.2, 0.25) is 0 Å². The van der Waals surface area contributed by atoms with Crippen LogP contribution in [0.4, 0.5) is 0 Å². The van der Waals surface area contributed by atoms with Crippen LogP contribution in [0.5, 0.6) is 0 Å². The number of amides is 1. The fourth-order valence-electron chi connectivity index (χ4n) is 3.07. The summed E-state index contributed by atoms with van der Waals surface area (Å²) in [5.41, 5.74) is 0. The van der Waals surface area contributed by atoms with Gasteiger partial charge in [0.25, 0.3) is 5.91 Å². The molecule has 4 nitrogen and oxygen atoms in total. The number of aliphatic hydroxyl groups is 1. The predicted molar refractivity (Wildman–Crippen MR) is 101 cm³/mol. The minimum Gasteiger partial charge on any atom is -0.393 e. The summed E-state index contributed by atoms with van der Waals surface area (Å²) >= 11 is 0. The Morgan fingerprint density at radius 3 is 1.62 bits per heavy atom. The molecule has 24 heavy (non-hydrogen) atoms. The lowest BCUT2D eigenvalue weighted by Crippen LogP contribution is -2.05. The first kappa shape index (κ1) is 23.2. The first-order valence-corrected chi connectivity index (χ1v) is 10.2. The molecule has 1 amide bonds. The van der Waals surface area contributed by atoms with Crippen molar-refractivity contribution < 1.29 is 9.90 Å². The maximum Gasteiger partial charge on any atom is 0.286 e. The molecule has 0 fully saturated rings. The third kappa shape index (κ3) is 17.6. The average molecular weight is 342 g/mol. The van der Waals surface area contributed by atoms with Gasteiger partial charge < -0.3 is 5.11 Å². The van der Waals surface area contributed by atoms with Gasteiger partial charge in [0.15, 0.2) is 0 Å². The minimum absolute atomic E-state index is 0.0804. The van der Waals surface area contributed by atoms with Crippen molar-refractivity contribution in [3.63, 3.8) is 0 Å². The molecule has 0 saturated carbocycles. The lowest BCUT2D eigenvalue weighted by molar-refractivity contribution is -0.118. The van der Waals surface area contributed by atoms with Crippen LogP contribution in [0.25, 0.3) is 0 Å². The Morgan fingerprint density at radius 1 is 0.750 bits per heavy atom. The van der Waals surface area contributed by atoms with Gasteiger partial charge >= 0.3 is 0 Å². The molecule has 0 radical (unpaired) electrons. The lowest BCUT2D eigenvalue weighted by Gasteiger charge is -2.10. The van der Waals surface area contributed by atoms with Crippen LogP contribution in [0, 0.1) is 4.91 Å². The van der Waals surface area contributed by atoms with Crippen LogP contribution in [-0.4, -0.2) is 17.1 Å². The summed E-state index contributed by atoms with van der Waals surface area (Å²) in [6, 6.07) is 0. The van der Waals surface area contributed by atoms with E-state index < -0.39 is 5.91 Å². The molecule has 0 aliphatic heterocycles. The maximum absolute atomic E-state index is 10.7. The van der Waals surface area contributed by atoms with Crippen molar-refractivity contribution in [1.29, 1.82) is 0 Å². The van der Waals surface area contributed by atoms with E-state index in [9.17, 15) is 14.8 Å². The quantitative estimate of drug-likeness (QED) is 0.235. The average Bonchev–Trinajstić information content (AvgIpc) is 2.59. The third-order valence-corrected chi connectivity index (χ3v) is 4.67. The number of carbonyl (C=O) groups excluding carboxylic acids is 1. The molecular formula is C20H39NO3. The maximum atomic E-state index is 10.7. The molecule has 0 aliphatic rings. The minimum atomic E-state index is -0.513. The predicted octanol–water partition coefficient (Wildman–Crippen LogP) is 6.29. The Bertz CT molecular complexity index is 295. The van der Waals surface area contributed by atoms with E-state index in [0.29, 0.717) is 6.42 Å². The first-order chi connectivity index (χ1) is 11.7. The number of nitroso groups, excluding NO2 is 1. The fourth-order valence-corrected chi connectivity index (χ4v) is 3.07. The molecule has 142 valence electrons. The zero-order valence-corrected chi connectivity index (χ0v) is 15.8. The molecule has 0 saturated heterocycles. The highest BCUT2D eigenvalue weighted by atomic mass is 16.3. The van der Waals surface area contributed by atoms with Gasteiger partial charge in [-0.3, -0.25) is 4.79 Å². The van der Waals surface area contributed by atoms with Gasteiger partial charge in [-0.1, -0.05) is 90.4 Å². The van der Waals surface area contributed by atoms with E-state index in [1.165, 1.54) is 64.2 Å². The Kier molecular flexibility index (Phi) is 18.0. The number of hydrogen-bond acceptors (Lipinski definition) is 3. The van der Waals surface area contributed by atoms with E-state index in [1.807, 2.05) is 0 Å². The molecule has 0 bridgehead atoms. The number of rotatable bonds is 18. The van der Waals surface area contributed by atoms with Crippen molar-refractivity contribution in [1.82, 2.24) is 0 Å². The van der Waals surface area contributed by atoms with Gasteiger partial charge in [0.05, 0.1) is 6.10 Å². The normalized spacial score (nSPS) is 12.2. The second-order valence-corrected chi connectivity index (χ2v) is 7.06. The van der Waals surface area contributed by atoms with E-state index in [2.05, 4.69) is 12.1 Å². The molecule has 1 atom stereocenters. The van der Waals surface area contributed by atoms with Crippen LogP contribution in [0.2, 0.25) is 0 Å². The van der Waals surface area contributed by atoms with Crippen LogP contribution in [0.15, 0.2) is 5.18 Å². The number of nitrogens with zero attached hydrogens (tertiary/aromatic N) is 1. The smallest absolute Gasteiger partial charge is 0.286 e. The Labute approximate surface area is 148 Å². The molecule has 0 aliphatic carbocycles. The van der Waals surface area contributed by atoms with Gasteiger partial charge in [-0.05, 0) is 19.3 Å². The summed E-state index contributed by atoms with van der Waals surface area (Å²) in [6.45, 7) is 2.21. The Hall–Kier alpha value is -0.770. The van der Waals surface area contributed by atoms with Gasteiger partial charge in [-0.15, -0.1) is 4.91 Å². The van der Waals surface area contributed by atoms with Crippen molar-refractivity contribution in [3.05, 3.63) is 4.91 Å². The van der Waals surface area contributed by atoms with Crippen LogP contribution in [0.3, 0.4) is 0 Å². The first-order valence-electron chi connectivity index (χ1n) is 10.2. The number of aliphatic hydroxyl groups excluding tert-OH is 1. The summed E-state index contributed by atoms with van der Waals surface area (Å²) in [6.07, 6.45) is 18.9. The van der Waals surface area contributed by atoms with E-state index in [1.54, 1.807) is 0 Å². The summed E-state index contributed by atoms with van der Waals surface area (Å²) in [5.74, 6) is -0.513. The standard InChI is InChI=1S/C20H39NO3/c1-2-3-4-13-16-19(22)17-14-11-9-7-5-6-8-10-12-15-18-20(23)21-24/h19,22H,2-18H2,1H3. The van der Waals surface area contributed by atoms with Crippen LogP contribution < -0.4 is 0 Å². The second kappa shape index (κ2) is 18.6. The molecule has 0 heterocycles. The number of carbonyl (C=O) groups is 1. The van der Waals surface area contributed by atoms with E-state index >= 15 is 0 Å². The highest BCUT2D eigenvalue weighted by Gasteiger charge is 2.03. The van der Waals surface area contributed by atoms with Crippen molar-refractivity contribution in [3.8, 4) is 0 Å². The van der Waals surface area contributed by atoms with E-state index in [-0.39, 0.29) is 6.10 Å². The summed E-state index contributed by atoms with van der Waals surface area (Å²) < 4.78 is 0. The molecule has 0 aromatic rings. The molecule has 1 N–H and O–H groups in total. The summed E-state index contributed by atoms with van der Waals surface area (Å²) in [4.78, 5) is 20.6. The van der Waals surface area contributed by atoms with Gasteiger partial charge in [0, 0.05) is 11.6 Å². The monoisotopic (exact) mass is 341 g/mol. The van der Waals surface area contributed by atoms with Crippen molar-refractivity contribution in [2.24, 2.45) is 5.18 Å². The molecule has 1 unspecified atom stereocenters. The van der Waals surface area contributed by atoms with Crippen molar-refractivity contribution >= 4 is 5.91 Å². The van der Waals surface area contributed by atoms with Crippen molar-refractivity contribution in [2.45, 2.75) is 122 Å². The molecule has 0 aromatic carbocycles. The van der Waals surface area contributed by atoms with Crippen molar-refractivity contribution in [2.75, 3.05) is 0 Å². The molecule has 0 spiro atoms. The second-order valence-electron chi connectivity index (χ2n) is 7.06. The molecule has 4 heteroatoms. The highest BCUT2D eigenvalue weighted by Crippen LogP contribution is 2.14. The molecule has 0 aromatic heterocycles. The zero-order chi connectivity index (χ0) is 17.9. The topological polar surface area (TPSA) is 66.7 Å². The number of unbranched alkanes of at least 4 members (excludes halogenated alkanes) is 12. The van der Waals surface area contributed by atoms with Crippen LogP contribution in [0.1, 0.15) is 116 Å². The summed E-state index contributed by atoms with van der Waals surface area (Å²) in [7, 11) is 0. The van der Waals surface area contributed by atoms with Gasteiger partial charge in [0.1, 0.15) is 0 Å².